The third-order valence-corrected chi connectivity index (χ3v) is 3.78. The first-order valence-electron chi connectivity index (χ1n) is 7.45. The van der Waals surface area contributed by atoms with Crippen LogP contribution in [0.1, 0.15) is 38.7 Å². The van der Waals surface area contributed by atoms with Crippen molar-refractivity contribution in [3.8, 4) is 23.3 Å². The van der Waals surface area contributed by atoms with Gasteiger partial charge < -0.3 is 14.8 Å². The molecular formula is C17H22BrNO2. The molecule has 21 heavy (non-hydrogen) atoms. The van der Waals surface area contributed by atoms with Crippen LogP contribution in [-0.2, 0) is 6.54 Å². The Kier molecular flexibility index (Phi) is 6.41. The third kappa shape index (κ3) is 5.26. The van der Waals surface area contributed by atoms with Crippen molar-refractivity contribution in [1.82, 2.24) is 5.32 Å². The zero-order valence-electron chi connectivity index (χ0n) is 12.7. The molecule has 0 spiro atoms. The molecule has 1 aromatic rings. The lowest BCUT2D eigenvalue weighted by Gasteiger charge is -2.15. The second kappa shape index (κ2) is 8.31. The number of hydrogen-bond acceptors (Lipinski definition) is 3. The van der Waals surface area contributed by atoms with Crippen LogP contribution in [0.4, 0.5) is 0 Å². The van der Waals surface area contributed by atoms with Gasteiger partial charge in [-0.1, -0.05) is 0 Å². The second-order valence-electron chi connectivity index (χ2n) is 5.02. The number of ether oxygens (including phenoxy) is 2. The highest BCUT2D eigenvalue weighted by Gasteiger charge is 2.20. The van der Waals surface area contributed by atoms with Gasteiger partial charge in [0.1, 0.15) is 0 Å². The summed E-state index contributed by atoms with van der Waals surface area (Å²) < 4.78 is 12.5. The fourth-order valence-electron chi connectivity index (χ4n) is 2.01. The summed E-state index contributed by atoms with van der Waals surface area (Å²) >= 11 is 3.59. The summed E-state index contributed by atoms with van der Waals surface area (Å²) in [5, 5.41) is 3.51. The zero-order valence-corrected chi connectivity index (χ0v) is 14.3. The van der Waals surface area contributed by atoms with Crippen molar-refractivity contribution >= 4 is 15.9 Å². The molecule has 0 unspecified atom stereocenters. The van der Waals surface area contributed by atoms with Gasteiger partial charge in [0.2, 0.25) is 0 Å². The topological polar surface area (TPSA) is 30.5 Å². The highest BCUT2D eigenvalue weighted by Crippen LogP contribution is 2.37. The minimum Gasteiger partial charge on any atom is -0.490 e. The summed E-state index contributed by atoms with van der Waals surface area (Å²) in [4.78, 5) is 0. The molecule has 0 aliphatic heterocycles. The van der Waals surface area contributed by atoms with Gasteiger partial charge in [0.25, 0.3) is 0 Å². The Bertz CT molecular complexity index is 530. The van der Waals surface area contributed by atoms with Crippen LogP contribution in [0.3, 0.4) is 0 Å². The van der Waals surface area contributed by atoms with Gasteiger partial charge in [0.05, 0.1) is 17.7 Å². The van der Waals surface area contributed by atoms with Crippen LogP contribution in [0.5, 0.6) is 11.5 Å². The molecule has 0 radical (unpaired) electrons. The van der Waals surface area contributed by atoms with E-state index in [1.165, 1.54) is 18.4 Å². The lowest BCUT2D eigenvalue weighted by atomic mass is 10.2. The molecule has 0 bridgehead atoms. The summed E-state index contributed by atoms with van der Waals surface area (Å²) in [6.45, 7) is 5.87. The van der Waals surface area contributed by atoms with Crippen LogP contribution in [0.25, 0.3) is 0 Å². The Morgan fingerprint density at radius 3 is 2.81 bits per heavy atom. The van der Waals surface area contributed by atoms with Gasteiger partial charge in [-0.3, -0.25) is 0 Å². The van der Waals surface area contributed by atoms with E-state index < -0.39 is 0 Å². The fourth-order valence-corrected chi connectivity index (χ4v) is 2.61. The van der Waals surface area contributed by atoms with Crippen LogP contribution >= 0.6 is 15.9 Å². The van der Waals surface area contributed by atoms with Gasteiger partial charge in [0.15, 0.2) is 11.5 Å². The highest BCUT2D eigenvalue weighted by atomic mass is 79.9. The molecule has 3 nitrogen and oxygen atoms in total. The molecule has 0 aromatic heterocycles. The molecule has 1 saturated carbocycles. The summed E-state index contributed by atoms with van der Waals surface area (Å²) in [5.41, 5.74) is 1.21. The standard InChI is InChI=1S/C17H22BrNO2/c1-3-5-6-9-21-17-15(18)10-13(11-16(17)20-4-2)12-19-14-7-8-14/h10-11,14,19H,4,6-9,12H2,1-2H3. The van der Waals surface area contributed by atoms with E-state index in [1.807, 2.05) is 13.8 Å². The van der Waals surface area contributed by atoms with E-state index in [-0.39, 0.29) is 0 Å². The molecule has 0 atom stereocenters. The molecule has 1 N–H and O–H groups in total. The van der Waals surface area contributed by atoms with E-state index in [9.17, 15) is 0 Å². The molecule has 2 rings (SSSR count). The SMILES string of the molecule is CC#CCCOc1c(Br)cc(CNC2CC2)cc1OCC. The molecule has 1 aliphatic rings. The largest absolute Gasteiger partial charge is 0.490 e. The Labute approximate surface area is 135 Å². The van der Waals surface area contributed by atoms with Gasteiger partial charge in [-0.2, -0.15) is 0 Å². The van der Waals surface area contributed by atoms with Crippen molar-refractivity contribution in [2.75, 3.05) is 13.2 Å². The molecule has 0 saturated heterocycles. The maximum Gasteiger partial charge on any atom is 0.175 e. The van der Waals surface area contributed by atoms with Crippen molar-refractivity contribution in [3.05, 3.63) is 22.2 Å². The lowest BCUT2D eigenvalue weighted by Crippen LogP contribution is -2.15. The number of hydrogen-bond donors (Lipinski definition) is 1. The molecule has 0 amide bonds. The number of nitrogens with one attached hydrogen (secondary N) is 1. The first-order valence-corrected chi connectivity index (χ1v) is 8.25. The maximum atomic E-state index is 5.82. The Hall–Kier alpha value is -1.18. The minimum atomic E-state index is 0.569. The average molecular weight is 352 g/mol. The predicted molar refractivity (Wildman–Crippen MR) is 88.7 cm³/mol. The van der Waals surface area contributed by atoms with Gasteiger partial charge in [-0.05, 0) is 60.3 Å². The van der Waals surface area contributed by atoms with Crippen molar-refractivity contribution < 1.29 is 9.47 Å². The highest BCUT2D eigenvalue weighted by molar-refractivity contribution is 9.10. The molecular weight excluding hydrogens is 330 g/mol. The predicted octanol–water partition coefficient (Wildman–Crippen LogP) is 3.89. The number of halogens is 1. The maximum absolute atomic E-state index is 5.82. The van der Waals surface area contributed by atoms with Gasteiger partial charge in [0, 0.05) is 19.0 Å². The van der Waals surface area contributed by atoms with Crippen molar-refractivity contribution in [2.45, 2.75) is 45.7 Å². The summed E-state index contributed by atoms with van der Waals surface area (Å²) in [6.07, 6.45) is 3.30. The van der Waals surface area contributed by atoms with Gasteiger partial charge >= 0.3 is 0 Å². The van der Waals surface area contributed by atoms with Crippen LogP contribution < -0.4 is 14.8 Å². The van der Waals surface area contributed by atoms with E-state index in [4.69, 9.17) is 9.47 Å². The van der Waals surface area contributed by atoms with E-state index in [2.05, 4.69) is 45.2 Å². The van der Waals surface area contributed by atoms with Crippen molar-refractivity contribution in [1.29, 1.82) is 0 Å². The Morgan fingerprint density at radius 1 is 1.33 bits per heavy atom. The first-order chi connectivity index (χ1) is 10.2. The van der Waals surface area contributed by atoms with E-state index in [0.29, 0.717) is 19.3 Å². The summed E-state index contributed by atoms with van der Waals surface area (Å²) in [7, 11) is 0. The van der Waals surface area contributed by atoms with Crippen molar-refractivity contribution in [2.24, 2.45) is 0 Å². The quantitative estimate of drug-likeness (QED) is 0.569. The zero-order chi connectivity index (χ0) is 15.1. The smallest absolute Gasteiger partial charge is 0.175 e. The van der Waals surface area contributed by atoms with Crippen LogP contribution in [0.15, 0.2) is 16.6 Å². The lowest BCUT2D eigenvalue weighted by molar-refractivity contribution is 0.280. The van der Waals surface area contributed by atoms with Crippen LogP contribution in [0.2, 0.25) is 0 Å². The molecule has 1 aromatic carbocycles. The average Bonchev–Trinajstić information content (AvgIpc) is 3.28. The molecule has 114 valence electrons. The van der Waals surface area contributed by atoms with E-state index in [0.717, 1.165) is 28.9 Å². The number of benzene rings is 1. The minimum absolute atomic E-state index is 0.569. The molecule has 1 aliphatic carbocycles. The van der Waals surface area contributed by atoms with E-state index in [1.54, 1.807) is 0 Å². The molecule has 4 heteroatoms. The summed E-state index contributed by atoms with van der Waals surface area (Å²) in [6, 6.07) is 4.85. The Balaban J connectivity index is 2.06. The van der Waals surface area contributed by atoms with Crippen molar-refractivity contribution in [3.63, 3.8) is 0 Å². The van der Waals surface area contributed by atoms with E-state index >= 15 is 0 Å². The van der Waals surface area contributed by atoms with Crippen LogP contribution in [0, 0.1) is 11.8 Å². The normalized spacial score (nSPS) is 13.5. The first kappa shape index (κ1) is 16.2. The van der Waals surface area contributed by atoms with Gasteiger partial charge in [-0.25, -0.2) is 0 Å². The Morgan fingerprint density at radius 2 is 2.14 bits per heavy atom. The monoisotopic (exact) mass is 351 g/mol. The second-order valence-corrected chi connectivity index (χ2v) is 5.87. The molecule has 1 fully saturated rings. The van der Waals surface area contributed by atoms with Crippen LogP contribution in [-0.4, -0.2) is 19.3 Å². The number of rotatable bonds is 8. The summed E-state index contributed by atoms with van der Waals surface area (Å²) in [5.74, 6) is 7.43. The fraction of sp³-hybridized carbons (Fsp3) is 0.529. The third-order valence-electron chi connectivity index (χ3n) is 3.19. The van der Waals surface area contributed by atoms with Gasteiger partial charge in [-0.15, -0.1) is 11.8 Å². The molecule has 0 heterocycles.